The SMILES string of the molecule is CCC1CCC(O)C(CN2CCCC(C(F)(F)F)C2)C1. The van der Waals surface area contributed by atoms with E-state index in [-0.39, 0.29) is 25.0 Å². The van der Waals surface area contributed by atoms with E-state index >= 15 is 0 Å². The van der Waals surface area contributed by atoms with E-state index in [9.17, 15) is 18.3 Å². The molecule has 0 aromatic rings. The molecule has 5 heteroatoms. The van der Waals surface area contributed by atoms with Crippen LogP contribution in [0.1, 0.15) is 45.4 Å². The van der Waals surface area contributed by atoms with Crippen LogP contribution in [0.5, 0.6) is 0 Å². The Morgan fingerprint density at radius 3 is 2.60 bits per heavy atom. The van der Waals surface area contributed by atoms with Crippen LogP contribution < -0.4 is 0 Å². The fourth-order valence-electron chi connectivity index (χ4n) is 3.73. The van der Waals surface area contributed by atoms with Gasteiger partial charge >= 0.3 is 6.18 Å². The molecule has 2 rings (SSSR count). The molecule has 0 aromatic heterocycles. The Morgan fingerprint density at radius 1 is 1.20 bits per heavy atom. The van der Waals surface area contributed by atoms with Crippen LogP contribution in [0, 0.1) is 17.8 Å². The number of alkyl halides is 3. The molecule has 4 atom stereocenters. The third kappa shape index (κ3) is 4.10. The van der Waals surface area contributed by atoms with E-state index in [0.717, 1.165) is 32.2 Å². The molecule has 0 spiro atoms. The first kappa shape index (κ1) is 16.1. The Hall–Kier alpha value is -0.290. The minimum atomic E-state index is -4.07. The lowest BCUT2D eigenvalue weighted by Crippen LogP contribution is -2.46. The average molecular weight is 293 g/mol. The van der Waals surface area contributed by atoms with E-state index in [1.807, 2.05) is 4.90 Å². The van der Waals surface area contributed by atoms with Gasteiger partial charge in [0, 0.05) is 13.1 Å². The third-order valence-electron chi connectivity index (χ3n) is 5.09. The zero-order valence-corrected chi connectivity index (χ0v) is 12.2. The molecule has 1 saturated heterocycles. The summed E-state index contributed by atoms with van der Waals surface area (Å²) in [6.45, 7) is 3.64. The predicted molar refractivity (Wildman–Crippen MR) is 72.3 cm³/mol. The molecular weight excluding hydrogens is 267 g/mol. The zero-order valence-electron chi connectivity index (χ0n) is 12.2. The van der Waals surface area contributed by atoms with Crippen molar-refractivity contribution in [2.45, 2.75) is 57.7 Å². The maximum absolute atomic E-state index is 12.8. The fraction of sp³-hybridized carbons (Fsp3) is 1.00. The van der Waals surface area contributed by atoms with Gasteiger partial charge in [0.05, 0.1) is 12.0 Å². The Balaban J connectivity index is 1.88. The van der Waals surface area contributed by atoms with Crippen molar-refractivity contribution in [3.05, 3.63) is 0 Å². The van der Waals surface area contributed by atoms with E-state index < -0.39 is 12.1 Å². The summed E-state index contributed by atoms with van der Waals surface area (Å²) < 4.78 is 38.4. The Labute approximate surface area is 119 Å². The van der Waals surface area contributed by atoms with Crippen LogP contribution in [0.2, 0.25) is 0 Å². The lowest BCUT2D eigenvalue weighted by molar-refractivity contribution is -0.187. The van der Waals surface area contributed by atoms with Crippen LogP contribution in [-0.4, -0.2) is 41.9 Å². The van der Waals surface area contributed by atoms with Crippen molar-refractivity contribution in [2.24, 2.45) is 17.8 Å². The first-order valence-corrected chi connectivity index (χ1v) is 7.87. The second-order valence-electron chi connectivity index (χ2n) is 6.56. The topological polar surface area (TPSA) is 23.5 Å². The summed E-state index contributed by atoms with van der Waals surface area (Å²) in [5.74, 6) is -0.397. The Bertz CT molecular complexity index is 308. The van der Waals surface area contributed by atoms with Crippen molar-refractivity contribution in [3.8, 4) is 0 Å². The molecule has 2 fully saturated rings. The molecule has 0 bridgehead atoms. The van der Waals surface area contributed by atoms with Gasteiger partial charge in [-0.25, -0.2) is 0 Å². The Morgan fingerprint density at radius 2 is 1.95 bits per heavy atom. The lowest BCUT2D eigenvalue weighted by Gasteiger charge is -2.39. The number of likely N-dealkylation sites (tertiary alicyclic amines) is 1. The summed E-state index contributed by atoms with van der Waals surface area (Å²) in [5, 5.41) is 10.1. The third-order valence-corrected chi connectivity index (χ3v) is 5.09. The van der Waals surface area contributed by atoms with Crippen molar-refractivity contribution < 1.29 is 18.3 Å². The zero-order chi connectivity index (χ0) is 14.8. The molecule has 1 N–H and O–H groups in total. The number of hydrogen-bond acceptors (Lipinski definition) is 2. The van der Waals surface area contributed by atoms with Crippen molar-refractivity contribution in [1.29, 1.82) is 0 Å². The highest BCUT2D eigenvalue weighted by molar-refractivity contribution is 4.84. The average Bonchev–Trinajstić information content (AvgIpc) is 2.41. The van der Waals surface area contributed by atoms with Gasteiger partial charge < -0.3 is 10.0 Å². The molecule has 1 saturated carbocycles. The first-order valence-electron chi connectivity index (χ1n) is 7.87. The van der Waals surface area contributed by atoms with Crippen molar-refractivity contribution >= 4 is 0 Å². The molecule has 118 valence electrons. The summed E-state index contributed by atoms with van der Waals surface area (Å²) >= 11 is 0. The fourth-order valence-corrected chi connectivity index (χ4v) is 3.73. The summed E-state index contributed by atoms with van der Waals surface area (Å²) in [7, 11) is 0. The number of aliphatic hydroxyl groups excluding tert-OH is 1. The van der Waals surface area contributed by atoms with Crippen LogP contribution in [0.3, 0.4) is 0 Å². The molecule has 1 aliphatic carbocycles. The van der Waals surface area contributed by atoms with Crippen LogP contribution in [-0.2, 0) is 0 Å². The summed E-state index contributed by atoms with van der Waals surface area (Å²) in [6, 6.07) is 0. The van der Waals surface area contributed by atoms with E-state index in [2.05, 4.69) is 6.92 Å². The van der Waals surface area contributed by atoms with Gasteiger partial charge in [-0.05, 0) is 50.5 Å². The van der Waals surface area contributed by atoms with Crippen molar-refractivity contribution in [3.63, 3.8) is 0 Å². The molecule has 0 amide bonds. The molecule has 4 unspecified atom stereocenters. The number of halogens is 3. The molecule has 2 aliphatic rings. The maximum atomic E-state index is 12.8. The smallest absolute Gasteiger partial charge is 0.393 e. The van der Waals surface area contributed by atoms with E-state index in [0.29, 0.717) is 18.9 Å². The van der Waals surface area contributed by atoms with Crippen LogP contribution >= 0.6 is 0 Å². The van der Waals surface area contributed by atoms with Gasteiger partial charge in [0.2, 0.25) is 0 Å². The van der Waals surface area contributed by atoms with E-state index in [4.69, 9.17) is 0 Å². The molecule has 0 aromatic carbocycles. The molecule has 0 radical (unpaired) electrons. The molecule has 2 nitrogen and oxygen atoms in total. The van der Waals surface area contributed by atoms with E-state index in [1.54, 1.807) is 0 Å². The molecule has 1 heterocycles. The Kier molecular flexibility index (Phi) is 5.35. The standard InChI is InChI=1S/C15H26F3NO/c1-2-11-5-6-14(20)12(8-11)9-19-7-3-4-13(10-19)15(16,17)18/h11-14,20H,2-10H2,1H3. The number of rotatable bonds is 3. The van der Waals surface area contributed by atoms with Crippen LogP contribution in [0.15, 0.2) is 0 Å². The number of hydrogen-bond donors (Lipinski definition) is 1. The van der Waals surface area contributed by atoms with Crippen LogP contribution in [0.4, 0.5) is 13.2 Å². The molecular formula is C15H26F3NO. The molecule has 20 heavy (non-hydrogen) atoms. The van der Waals surface area contributed by atoms with Crippen molar-refractivity contribution in [2.75, 3.05) is 19.6 Å². The highest BCUT2D eigenvalue weighted by atomic mass is 19.4. The van der Waals surface area contributed by atoms with E-state index in [1.165, 1.54) is 0 Å². The second-order valence-corrected chi connectivity index (χ2v) is 6.56. The summed E-state index contributed by atoms with van der Waals surface area (Å²) in [5.41, 5.74) is 0. The maximum Gasteiger partial charge on any atom is 0.393 e. The lowest BCUT2D eigenvalue weighted by atomic mass is 9.78. The van der Waals surface area contributed by atoms with Gasteiger partial charge in [0.1, 0.15) is 0 Å². The number of piperidine rings is 1. The largest absolute Gasteiger partial charge is 0.393 e. The monoisotopic (exact) mass is 293 g/mol. The summed E-state index contributed by atoms with van der Waals surface area (Å²) in [4.78, 5) is 1.92. The first-order chi connectivity index (χ1) is 9.40. The van der Waals surface area contributed by atoms with Gasteiger partial charge in [-0.1, -0.05) is 13.3 Å². The molecule has 1 aliphatic heterocycles. The minimum Gasteiger partial charge on any atom is -0.393 e. The summed E-state index contributed by atoms with van der Waals surface area (Å²) in [6.07, 6.45) is 0.396. The number of aliphatic hydroxyl groups is 1. The van der Waals surface area contributed by atoms with Crippen LogP contribution in [0.25, 0.3) is 0 Å². The second kappa shape index (κ2) is 6.65. The quantitative estimate of drug-likeness (QED) is 0.861. The highest BCUT2D eigenvalue weighted by Crippen LogP contribution is 2.35. The normalized spacial score (nSPS) is 37.0. The predicted octanol–water partition coefficient (Wildman–Crippen LogP) is 3.45. The van der Waals surface area contributed by atoms with Gasteiger partial charge in [-0.2, -0.15) is 13.2 Å². The van der Waals surface area contributed by atoms with Gasteiger partial charge in [0.25, 0.3) is 0 Å². The van der Waals surface area contributed by atoms with Crippen molar-refractivity contribution in [1.82, 2.24) is 4.90 Å². The van der Waals surface area contributed by atoms with Gasteiger partial charge in [0.15, 0.2) is 0 Å². The highest BCUT2D eigenvalue weighted by Gasteiger charge is 2.42. The van der Waals surface area contributed by atoms with Gasteiger partial charge in [-0.3, -0.25) is 0 Å². The number of nitrogens with zero attached hydrogens (tertiary/aromatic N) is 1. The minimum absolute atomic E-state index is 0.115. The van der Waals surface area contributed by atoms with Gasteiger partial charge in [-0.15, -0.1) is 0 Å².